The number of aliphatic imine (C=N–C) groups is 2. The summed E-state index contributed by atoms with van der Waals surface area (Å²) < 4.78 is 22.6. The van der Waals surface area contributed by atoms with Crippen molar-refractivity contribution in [1.29, 1.82) is 10.5 Å². The van der Waals surface area contributed by atoms with E-state index in [0.717, 1.165) is 0 Å². The summed E-state index contributed by atoms with van der Waals surface area (Å²) in [7, 11) is 0. The highest BCUT2D eigenvalue weighted by atomic mass is 16.6. The molecule has 0 bridgehead atoms. The van der Waals surface area contributed by atoms with Gasteiger partial charge in [-0.1, -0.05) is 0 Å². The molecule has 0 spiro atoms. The highest BCUT2D eigenvalue weighted by Gasteiger charge is 2.28. The molecule has 3 rings (SSSR count). The Bertz CT molecular complexity index is 844. The minimum absolute atomic E-state index is 0.0983. The second-order valence-corrected chi connectivity index (χ2v) is 7.86. The largest absolute Gasteiger partial charge is 0.480 e. The molecule has 0 saturated carbocycles. The van der Waals surface area contributed by atoms with Crippen LogP contribution in [0.1, 0.15) is 38.8 Å². The van der Waals surface area contributed by atoms with E-state index < -0.39 is 0 Å². The van der Waals surface area contributed by atoms with Gasteiger partial charge < -0.3 is 18.9 Å². The first-order valence-electron chi connectivity index (χ1n) is 8.88. The van der Waals surface area contributed by atoms with Gasteiger partial charge in [0.15, 0.2) is 24.7 Å². The molecule has 0 amide bonds. The SMILES string of the molecule is CC1(C)COC(COc2cc(C#N)c(C#N)cc2OCC2=NC(C)(C)CO2)=N1. The topological polar surface area (TPSA) is 109 Å². The van der Waals surface area contributed by atoms with Gasteiger partial charge in [-0.15, -0.1) is 0 Å². The Morgan fingerprint density at radius 1 is 0.857 bits per heavy atom. The maximum absolute atomic E-state index is 9.29. The predicted octanol–water partition coefficient (Wildman–Crippen LogP) is 2.60. The Morgan fingerprint density at radius 2 is 1.25 bits per heavy atom. The number of hydrogen-bond acceptors (Lipinski definition) is 8. The molecule has 8 nitrogen and oxygen atoms in total. The van der Waals surface area contributed by atoms with Gasteiger partial charge in [-0.2, -0.15) is 10.5 Å². The van der Waals surface area contributed by atoms with Crippen LogP contribution < -0.4 is 9.47 Å². The van der Waals surface area contributed by atoms with Crippen LogP contribution in [-0.2, 0) is 9.47 Å². The molecule has 0 saturated heterocycles. The van der Waals surface area contributed by atoms with Crippen molar-refractivity contribution in [2.45, 2.75) is 38.8 Å². The lowest BCUT2D eigenvalue weighted by atomic mass is 10.1. The second kappa shape index (κ2) is 7.40. The number of hydrogen-bond donors (Lipinski definition) is 0. The third kappa shape index (κ3) is 4.52. The normalized spacial score (nSPS) is 18.8. The summed E-state index contributed by atoms with van der Waals surface area (Å²) in [5.41, 5.74) is -0.165. The van der Waals surface area contributed by atoms with E-state index in [1.165, 1.54) is 12.1 Å². The fraction of sp³-hybridized carbons (Fsp3) is 0.500. The maximum atomic E-state index is 9.29. The van der Waals surface area contributed by atoms with Crippen molar-refractivity contribution >= 4 is 11.8 Å². The van der Waals surface area contributed by atoms with Gasteiger partial charge in [-0.25, -0.2) is 9.98 Å². The first kappa shape index (κ1) is 19.5. The first-order valence-corrected chi connectivity index (χ1v) is 8.88. The first-order chi connectivity index (χ1) is 13.2. The fourth-order valence-electron chi connectivity index (χ4n) is 2.72. The van der Waals surface area contributed by atoms with Gasteiger partial charge in [0, 0.05) is 12.1 Å². The van der Waals surface area contributed by atoms with Gasteiger partial charge in [0.2, 0.25) is 11.8 Å². The molecule has 2 aliphatic rings. The average Bonchev–Trinajstić information content (AvgIpc) is 3.18. The lowest BCUT2D eigenvalue weighted by Gasteiger charge is -2.13. The molecule has 146 valence electrons. The molecule has 0 atom stereocenters. The van der Waals surface area contributed by atoms with E-state index in [0.29, 0.717) is 36.5 Å². The minimum atomic E-state index is -0.286. The zero-order chi connectivity index (χ0) is 20.4. The molecular weight excluding hydrogens is 360 g/mol. The average molecular weight is 382 g/mol. The summed E-state index contributed by atoms with van der Waals surface area (Å²) in [5, 5.41) is 18.6. The van der Waals surface area contributed by atoms with Crippen LogP contribution in [0.5, 0.6) is 11.5 Å². The zero-order valence-electron chi connectivity index (χ0n) is 16.4. The highest BCUT2D eigenvalue weighted by Crippen LogP contribution is 2.32. The zero-order valence-corrected chi connectivity index (χ0v) is 16.4. The molecular formula is C20H22N4O4. The molecule has 1 aromatic rings. The van der Waals surface area contributed by atoms with Crippen molar-refractivity contribution in [2.75, 3.05) is 26.4 Å². The van der Waals surface area contributed by atoms with Crippen molar-refractivity contribution < 1.29 is 18.9 Å². The molecule has 8 heteroatoms. The lowest BCUT2D eigenvalue weighted by Crippen LogP contribution is -2.17. The molecule has 2 heterocycles. The van der Waals surface area contributed by atoms with Gasteiger partial charge in [0.1, 0.15) is 25.4 Å². The van der Waals surface area contributed by atoms with E-state index in [4.69, 9.17) is 18.9 Å². The summed E-state index contributed by atoms with van der Waals surface area (Å²) in [6.45, 7) is 9.03. The van der Waals surface area contributed by atoms with Crippen molar-refractivity contribution in [2.24, 2.45) is 9.98 Å². The highest BCUT2D eigenvalue weighted by molar-refractivity contribution is 5.80. The van der Waals surface area contributed by atoms with Gasteiger partial charge in [-0.3, -0.25) is 0 Å². The number of nitriles is 2. The summed E-state index contributed by atoms with van der Waals surface area (Å²) in [6, 6.07) is 6.95. The molecule has 1 aromatic carbocycles. The number of rotatable bonds is 6. The van der Waals surface area contributed by atoms with E-state index in [1.54, 1.807) is 0 Å². The monoisotopic (exact) mass is 382 g/mol. The Balaban J connectivity index is 1.79. The van der Waals surface area contributed by atoms with Gasteiger partial charge in [0.25, 0.3) is 0 Å². The summed E-state index contributed by atoms with van der Waals surface area (Å²) >= 11 is 0. The molecule has 28 heavy (non-hydrogen) atoms. The van der Waals surface area contributed by atoms with Crippen LogP contribution in [0.2, 0.25) is 0 Å². The molecule has 2 aliphatic heterocycles. The Labute approximate surface area is 164 Å². The van der Waals surface area contributed by atoms with E-state index in [1.807, 2.05) is 39.8 Å². The van der Waals surface area contributed by atoms with Crippen LogP contribution in [0.25, 0.3) is 0 Å². The molecule has 0 aromatic heterocycles. The predicted molar refractivity (Wildman–Crippen MR) is 102 cm³/mol. The third-order valence-corrected chi connectivity index (χ3v) is 4.07. The third-order valence-electron chi connectivity index (χ3n) is 4.07. The van der Waals surface area contributed by atoms with Crippen molar-refractivity contribution in [3.8, 4) is 23.6 Å². The van der Waals surface area contributed by atoms with E-state index in [9.17, 15) is 10.5 Å². The van der Waals surface area contributed by atoms with Crippen LogP contribution >= 0.6 is 0 Å². The van der Waals surface area contributed by atoms with Crippen LogP contribution in [0.15, 0.2) is 22.1 Å². The Hall–Kier alpha value is -3.26. The van der Waals surface area contributed by atoms with Gasteiger partial charge in [0.05, 0.1) is 22.2 Å². The Kier molecular flexibility index (Phi) is 5.15. The van der Waals surface area contributed by atoms with Crippen LogP contribution in [0.4, 0.5) is 0 Å². The standard InChI is InChI=1S/C20H22N4O4/c1-19(2)11-27-17(23-19)9-25-15-5-13(7-21)14(8-22)6-16(15)26-10-18-24-20(3,4)12-28-18/h5-6H,9-12H2,1-4H3. The van der Waals surface area contributed by atoms with E-state index >= 15 is 0 Å². The fourth-order valence-corrected chi connectivity index (χ4v) is 2.72. The molecule has 0 radical (unpaired) electrons. The smallest absolute Gasteiger partial charge is 0.223 e. The summed E-state index contributed by atoms with van der Waals surface area (Å²) in [5.74, 6) is 1.60. The van der Waals surface area contributed by atoms with Crippen molar-refractivity contribution in [1.82, 2.24) is 0 Å². The van der Waals surface area contributed by atoms with Gasteiger partial charge in [-0.05, 0) is 27.7 Å². The molecule has 0 N–H and O–H groups in total. The Morgan fingerprint density at radius 3 is 1.54 bits per heavy atom. The second-order valence-electron chi connectivity index (χ2n) is 7.86. The van der Waals surface area contributed by atoms with Crippen LogP contribution in [0.3, 0.4) is 0 Å². The van der Waals surface area contributed by atoms with Crippen molar-refractivity contribution in [3.05, 3.63) is 23.3 Å². The molecule has 0 aliphatic carbocycles. The van der Waals surface area contributed by atoms with Crippen molar-refractivity contribution in [3.63, 3.8) is 0 Å². The quantitative estimate of drug-likeness (QED) is 0.748. The molecule has 0 fully saturated rings. The number of benzene rings is 1. The van der Waals surface area contributed by atoms with Crippen LogP contribution in [0, 0.1) is 22.7 Å². The lowest BCUT2D eigenvalue weighted by molar-refractivity contribution is 0.243. The van der Waals surface area contributed by atoms with Gasteiger partial charge >= 0.3 is 0 Å². The maximum Gasteiger partial charge on any atom is 0.223 e. The summed E-state index contributed by atoms with van der Waals surface area (Å²) in [4.78, 5) is 8.88. The minimum Gasteiger partial charge on any atom is -0.480 e. The number of nitrogens with zero attached hydrogens (tertiary/aromatic N) is 4. The molecule has 0 unspecified atom stereocenters. The summed E-state index contributed by atoms with van der Waals surface area (Å²) in [6.07, 6.45) is 0. The van der Waals surface area contributed by atoms with E-state index in [-0.39, 0.29) is 35.4 Å². The van der Waals surface area contributed by atoms with Crippen LogP contribution in [-0.4, -0.2) is 49.3 Å². The van der Waals surface area contributed by atoms with E-state index in [2.05, 4.69) is 9.98 Å². The number of ether oxygens (including phenoxy) is 4.